The van der Waals surface area contributed by atoms with Crippen LogP contribution in [-0.4, -0.2) is 46.5 Å². The maximum absolute atomic E-state index is 12.5. The van der Waals surface area contributed by atoms with E-state index in [1.807, 2.05) is 13.8 Å². The molecule has 3 aromatic rings. The van der Waals surface area contributed by atoms with Crippen LogP contribution in [0, 0.1) is 25.2 Å². The van der Waals surface area contributed by atoms with Crippen molar-refractivity contribution < 1.29 is 9.53 Å². The fourth-order valence-electron chi connectivity index (χ4n) is 4.15. The van der Waals surface area contributed by atoms with Gasteiger partial charge in [-0.3, -0.25) is 9.69 Å². The number of carbonyl (C=O) groups is 1. The number of ether oxygens (including phenoxy) is 1. The molecule has 0 unspecified atom stereocenters. The van der Waals surface area contributed by atoms with Crippen molar-refractivity contribution in [2.24, 2.45) is 0 Å². The minimum atomic E-state index is -0.118. The summed E-state index contributed by atoms with van der Waals surface area (Å²) >= 11 is 12.1. The molecule has 1 aromatic heterocycles. The normalized spacial score (nSPS) is 14.2. The second-order valence-electron chi connectivity index (χ2n) is 8.74. The Morgan fingerprint density at radius 2 is 1.89 bits per heavy atom. The van der Waals surface area contributed by atoms with Crippen LogP contribution >= 0.6 is 23.2 Å². The van der Waals surface area contributed by atoms with E-state index in [-0.39, 0.29) is 18.5 Å². The Morgan fingerprint density at radius 1 is 1.17 bits per heavy atom. The highest BCUT2D eigenvalue weighted by molar-refractivity contribution is 6.36. The molecule has 1 saturated heterocycles. The number of hydrogen-bond acceptors (Lipinski definition) is 7. The molecule has 0 atom stereocenters. The van der Waals surface area contributed by atoms with Gasteiger partial charge in [-0.2, -0.15) is 10.2 Å². The molecule has 10 heteroatoms. The van der Waals surface area contributed by atoms with E-state index in [9.17, 15) is 4.79 Å². The summed E-state index contributed by atoms with van der Waals surface area (Å²) in [6, 6.07) is 12.6. The third kappa shape index (κ3) is 6.64. The quantitative estimate of drug-likeness (QED) is 0.415. The van der Waals surface area contributed by atoms with Crippen molar-refractivity contribution in [1.29, 1.82) is 5.26 Å². The molecule has 36 heavy (non-hydrogen) atoms. The molecule has 0 bridgehead atoms. The van der Waals surface area contributed by atoms with Gasteiger partial charge in [0, 0.05) is 36.4 Å². The predicted molar refractivity (Wildman–Crippen MR) is 141 cm³/mol. The molecule has 1 fully saturated rings. The molecule has 0 aliphatic carbocycles. The SMILES string of the molecule is Cc1cc(C#N)cc(C)c1Oc1ccnc(NC2CCN(CC(=O)Nc3ccc(Cl)cc3Cl)CC2)n1. The summed E-state index contributed by atoms with van der Waals surface area (Å²) in [5.41, 5.74) is 2.89. The van der Waals surface area contributed by atoms with E-state index in [0.29, 0.717) is 38.9 Å². The van der Waals surface area contributed by atoms with Crippen LogP contribution in [-0.2, 0) is 4.79 Å². The van der Waals surface area contributed by atoms with Gasteiger partial charge in [-0.25, -0.2) is 4.98 Å². The monoisotopic (exact) mass is 524 g/mol. The molecule has 2 aromatic carbocycles. The molecular formula is C26H26Cl2N6O2. The van der Waals surface area contributed by atoms with Crippen LogP contribution in [0.1, 0.15) is 29.5 Å². The molecule has 0 saturated carbocycles. The third-order valence-electron chi connectivity index (χ3n) is 5.92. The Morgan fingerprint density at radius 3 is 2.56 bits per heavy atom. The minimum Gasteiger partial charge on any atom is -0.438 e. The first-order valence-electron chi connectivity index (χ1n) is 11.6. The molecular weight excluding hydrogens is 499 g/mol. The smallest absolute Gasteiger partial charge is 0.238 e. The van der Waals surface area contributed by atoms with Crippen molar-refractivity contribution in [3.63, 3.8) is 0 Å². The largest absolute Gasteiger partial charge is 0.438 e. The van der Waals surface area contributed by atoms with Gasteiger partial charge in [-0.1, -0.05) is 23.2 Å². The number of piperidine rings is 1. The van der Waals surface area contributed by atoms with Gasteiger partial charge in [-0.05, 0) is 68.1 Å². The number of amides is 1. The first-order chi connectivity index (χ1) is 17.3. The predicted octanol–water partition coefficient (Wildman–Crippen LogP) is 5.58. The Balaban J connectivity index is 1.29. The topological polar surface area (TPSA) is 103 Å². The van der Waals surface area contributed by atoms with E-state index < -0.39 is 0 Å². The fourth-order valence-corrected chi connectivity index (χ4v) is 4.61. The van der Waals surface area contributed by atoms with Gasteiger partial charge in [0.05, 0.1) is 28.9 Å². The summed E-state index contributed by atoms with van der Waals surface area (Å²) < 4.78 is 6.02. The van der Waals surface area contributed by atoms with E-state index in [4.69, 9.17) is 33.2 Å². The van der Waals surface area contributed by atoms with Crippen LogP contribution in [0.4, 0.5) is 11.6 Å². The van der Waals surface area contributed by atoms with E-state index in [2.05, 4.69) is 31.6 Å². The van der Waals surface area contributed by atoms with Crippen molar-refractivity contribution in [3.8, 4) is 17.7 Å². The third-order valence-corrected chi connectivity index (χ3v) is 6.47. The molecule has 2 heterocycles. The molecule has 0 radical (unpaired) electrons. The van der Waals surface area contributed by atoms with Gasteiger partial charge in [0.25, 0.3) is 0 Å². The molecule has 8 nitrogen and oxygen atoms in total. The maximum atomic E-state index is 12.5. The van der Waals surface area contributed by atoms with E-state index >= 15 is 0 Å². The zero-order valence-electron chi connectivity index (χ0n) is 20.0. The number of nitrogens with one attached hydrogen (secondary N) is 2. The number of aryl methyl sites for hydroxylation is 2. The summed E-state index contributed by atoms with van der Waals surface area (Å²) in [4.78, 5) is 23.4. The van der Waals surface area contributed by atoms with Gasteiger partial charge in [0.15, 0.2) is 0 Å². The first kappa shape index (κ1) is 25.7. The lowest BCUT2D eigenvalue weighted by Crippen LogP contribution is -2.42. The number of likely N-dealkylation sites (tertiary alicyclic amines) is 1. The average Bonchev–Trinajstić information content (AvgIpc) is 2.84. The molecule has 1 aliphatic rings. The number of rotatable bonds is 7. The average molecular weight is 525 g/mol. The lowest BCUT2D eigenvalue weighted by Gasteiger charge is -2.31. The van der Waals surface area contributed by atoms with Gasteiger partial charge in [0.2, 0.25) is 17.7 Å². The van der Waals surface area contributed by atoms with Crippen molar-refractivity contribution >= 4 is 40.7 Å². The zero-order chi connectivity index (χ0) is 25.7. The van der Waals surface area contributed by atoms with Gasteiger partial charge >= 0.3 is 0 Å². The molecule has 1 aliphatic heterocycles. The molecule has 4 rings (SSSR count). The molecule has 186 valence electrons. The van der Waals surface area contributed by atoms with Gasteiger partial charge in [-0.15, -0.1) is 0 Å². The van der Waals surface area contributed by atoms with Crippen LogP contribution in [0.3, 0.4) is 0 Å². The number of carbonyl (C=O) groups excluding carboxylic acids is 1. The second-order valence-corrected chi connectivity index (χ2v) is 9.58. The lowest BCUT2D eigenvalue weighted by atomic mass is 10.1. The van der Waals surface area contributed by atoms with Crippen LogP contribution in [0.2, 0.25) is 10.0 Å². The van der Waals surface area contributed by atoms with Crippen molar-refractivity contribution in [2.75, 3.05) is 30.3 Å². The maximum Gasteiger partial charge on any atom is 0.238 e. The zero-order valence-corrected chi connectivity index (χ0v) is 21.5. The molecule has 1 amide bonds. The number of anilines is 2. The summed E-state index contributed by atoms with van der Waals surface area (Å²) in [6.45, 7) is 5.62. The Kier molecular flexibility index (Phi) is 8.26. The standard InChI is InChI=1S/C26H26Cl2N6O2/c1-16-11-18(14-29)12-17(2)25(16)36-24-5-8-30-26(33-24)31-20-6-9-34(10-7-20)15-23(35)32-22-4-3-19(27)13-21(22)28/h3-5,8,11-13,20H,6-7,9-10,15H2,1-2H3,(H,32,35)(H,30,31,33). The Bertz CT molecular complexity index is 1280. The molecule has 0 spiro atoms. The summed E-state index contributed by atoms with van der Waals surface area (Å²) in [5, 5.41) is 16.3. The van der Waals surface area contributed by atoms with Crippen LogP contribution in [0.5, 0.6) is 11.6 Å². The fraction of sp³-hybridized carbons (Fsp3) is 0.308. The number of nitriles is 1. The highest BCUT2D eigenvalue weighted by atomic mass is 35.5. The van der Waals surface area contributed by atoms with E-state index in [1.54, 1.807) is 42.6 Å². The van der Waals surface area contributed by atoms with Crippen molar-refractivity contribution in [1.82, 2.24) is 14.9 Å². The van der Waals surface area contributed by atoms with E-state index in [1.165, 1.54) is 0 Å². The van der Waals surface area contributed by atoms with Crippen LogP contribution in [0.25, 0.3) is 0 Å². The Labute approximate surface area is 220 Å². The summed E-state index contributed by atoms with van der Waals surface area (Å²) in [6.07, 6.45) is 3.34. The lowest BCUT2D eigenvalue weighted by molar-refractivity contribution is -0.117. The molecule has 2 N–H and O–H groups in total. The number of nitrogens with zero attached hydrogens (tertiary/aromatic N) is 4. The van der Waals surface area contributed by atoms with E-state index in [0.717, 1.165) is 37.1 Å². The summed E-state index contributed by atoms with van der Waals surface area (Å²) in [7, 11) is 0. The number of benzene rings is 2. The van der Waals surface area contributed by atoms with Crippen molar-refractivity contribution in [3.05, 3.63) is 69.3 Å². The van der Waals surface area contributed by atoms with Gasteiger partial charge < -0.3 is 15.4 Å². The first-order valence-corrected chi connectivity index (χ1v) is 12.3. The highest BCUT2D eigenvalue weighted by Crippen LogP contribution is 2.29. The van der Waals surface area contributed by atoms with Crippen molar-refractivity contribution in [2.45, 2.75) is 32.7 Å². The minimum absolute atomic E-state index is 0.118. The van der Waals surface area contributed by atoms with Crippen LogP contribution in [0.15, 0.2) is 42.6 Å². The number of halogens is 2. The Hall–Kier alpha value is -3.38. The number of hydrogen-bond donors (Lipinski definition) is 2. The number of aromatic nitrogens is 2. The highest BCUT2D eigenvalue weighted by Gasteiger charge is 2.22. The second kappa shape index (κ2) is 11.6. The van der Waals surface area contributed by atoms with Gasteiger partial charge in [0.1, 0.15) is 5.75 Å². The summed E-state index contributed by atoms with van der Waals surface area (Å²) in [5.74, 6) is 1.49. The van der Waals surface area contributed by atoms with Crippen LogP contribution < -0.4 is 15.4 Å².